The largest absolute Gasteiger partial charge is 0.460 e. The van der Waals surface area contributed by atoms with Gasteiger partial charge in [-0.25, -0.2) is 4.79 Å². The van der Waals surface area contributed by atoms with Gasteiger partial charge in [-0.1, -0.05) is 25.8 Å². The minimum atomic E-state index is -2.35. The molecule has 0 amide bonds. The van der Waals surface area contributed by atoms with Crippen molar-refractivity contribution in [3.8, 4) is 0 Å². The predicted octanol–water partition coefficient (Wildman–Crippen LogP) is 4.23. The zero-order valence-electron chi connectivity index (χ0n) is 11.3. The number of carbonyl (C=O) groups excluding carboxylic acids is 1. The van der Waals surface area contributed by atoms with E-state index in [-0.39, 0.29) is 12.1 Å². The monoisotopic (exact) mass is 260 g/mol. The lowest BCUT2D eigenvalue weighted by atomic mass is 10.1. The molecule has 1 atom stereocenters. The molecule has 0 aromatic carbocycles. The number of halogens is 1. The molecule has 0 saturated heterocycles. The predicted molar refractivity (Wildman–Crippen MR) is 72.2 cm³/mol. The molecule has 0 rings (SSSR count). The van der Waals surface area contributed by atoms with Crippen molar-refractivity contribution >= 4 is 14.4 Å². The molecular weight excluding hydrogens is 235 g/mol. The van der Waals surface area contributed by atoms with Crippen LogP contribution in [0.25, 0.3) is 0 Å². The number of hydrogen-bond donors (Lipinski definition) is 0. The van der Waals surface area contributed by atoms with Crippen LogP contribution in [-0.2, 0) is 9.53 Å². The first-order valence-electron chi connectivity index (χ1n) is 6.37. The highest BCUT2D eigenvalue weighted by Crippen LogP contribution is 2.17. The van der Waals surface area contributed by atoms with Crippen LogP contribution in [0.5, 0.6) is 0 Å². The van der Waals surface area contributed by atoms with Gasteiger partial charge in [0, 0.05) is 6.08 Å². The number of carbonyl (C=O) groups is 1. The molecule has 4 heteroatoms. The van der Waals surface area contributed by atoms with Crippen LogP contribution in [0.2, 0.25) is 19.1 Å². The average molecular weight is 260 g/mol. The molecule has 0 spiro atoms. The van der Waals surface area contributed by atoms with Gasteiger partial charge < -0.3 is 8.84 Å². The van der Waals surface area contributed by atoms with Gasteiger partial charge in [-0.3, -0.25) is 0 Å². The maximum absolute atomic E-state index is 13.3. The molecule has 17 heavy (non-hydrogen) atoms. The molecule has 1 unspecified atom stereocenters. The van der Waals surface area contributed by atoms with Crippen molar-refractivity contribution in [1.82, 2.24) is 0 Å². The van der Waals surface area contributed by atoms with E-state index in [4.69, 9.17) is 4.74 Å². The summed E-state index contributed by atoms with van der Waals surface area (Å²) >= 11 is 0. The van der Waals surface area contributed by atoms with Crippen molar-refractivity contribution < 1.29 is 13.6 Å². The quantitative estimate of drug-likeness (QED) is 0.204. The van der Waals surface area contributed by atoms with Gasteiger partial charge in [0.05, 0.1) is 6.10 Å². The zero-order valence-corrected chi connectivity index (χ0v) is 12.3. The van der Waals surface area contributed by atoms with E-state index in [1.807, 2.05) is 6.92 Å². The molecule has 0 heterocycles. The minimum absolute atomic E-state index is 0.0486. The summed E-state index contributed by atoms with van der Waals surface area (Å²) < 4.78 is 18.3. The average Bonchev–Trinajstić information content (AvgIpc) is 2.21. The molecule has 100 valence electrons. The summed E-state index contributed by atoms with van der Waals surface area (Å²) in [6, 6.07) is 0.758. The van der Waals surface area contributed by atoms with Gasteiger partial charge in [-0.15, -0.1) is 0 Å². The first kappa shape index (κ1) is 16.4. The van der Waals surface area contributed by atoms with E-state index in [0.29, 0.717) is 0 Å². The number of esters is 1. The molecule has 0 saturated carbocycles. The van der Waals surface area contributed by atoms with Crippen LogP contribution in [0.4, 0.5) is 4.11 Å². The highest BCUT2D eigenvalue weighted by atomic mass is 28.4. The number of ether oxygens (including phenoxy) is 1. The van der Waals surface area contributed by atoms with Crippen LogP contribution in [0, 0.1) is 0 Å². The molecule has 0 N–H and O–H groups in total. The van der Waals surface area contributed by atoms with Crippen molar-refractivity contribution in [3.05, 3.63) is 12.7 Å². The molecule has 0 bridgehead atoms. The summed E-state index contributed by atoms with van der Waals surface area (Å²) in [7, 11) is -2.35. The zero-order chi connectivity index (χ0) is 13.3. The maximum atomic E-state index is 13.3. The van der Waals surface area contributed by atoms with Gasteiger partial charge in [0.25, 0.3) is 0 Å². The Kier molecular flexibility index (Phi) is 8.13. The lowest BCUT2D eigenvalue weighted by molar-refractivity contribution is -0.142. The summed E-state index contributed by atoms with van der Waals surface area (Å²) in [6.07, 6.45) is 6.17. The lowest BCUT2D eigenvalue weighted by Crippen LogP contribution is -2.16. The van der Waals surface area contributed by atoms with Gasteiger partial charge in [-0.2, -0.15) is 0 Å². The number of hydrogen-bond acceptors (Lipinski definition) is 2. The topological polar surface area (TPSA) is 26.3 Å². The Morgan fingerprint density at radius 2 is 1.94 bits per heavy atom. The summed E-state index contributed by atoms with van der Waals surface area (Å²) in [6.45, 7) is 8.75. The second-order valence-electron chi connectivity index (χ2n) is 5.12. The first-order valence-corrected chi connectivity index (χ1v) is 9.45. The van der Waals surface area contributed by atoms with Crippen molar-refractivity contribution in [1.29, 1.82) is 0 Å². The molecule has 0 aliphatic rings. The van der Waals surface area contributed by atoms with E-state index >= 15 is 0 Å². The summed E-state index contributed by atoms with van der Waals surface area (Å²) in [5, 5.41) is 0. The van der Waals surface area contributed by atoms with E-state index in [2.05, 4.69) is 6.58 Å². The molecule has 0 aliphatic carbocycles. The third-order valence-electron chi connectivity index (χ3n) is 2.62. The van der Waals surface area contributed by atoms with E-state index in [1.54, 1.807) is 13.1 Å². The SMILES string of the molecule is C=CC(=O)OC(C)CCCCCC[Si](C)(C)F. The molecular formula is C13H25FO2Si. The van der Waals surface area contributed by atoms with Gasteiger partial charge in [0.15, 0.2) is 0 Å². The van der Waals surface area contributed by atoms with Crippen LogP contribution in [-0.4, -0.2) is 20.5 Å². The number of rotatable bonds is 9. The van der Waals surface area contributed by atoms with Crippen molar-refractivity contribution in [2.24, 2.45) is 0 Å². The Labute approximate surface area is 105 Å². The third-order valence-corrected chi connectivity index (χ3v) is 4.16. The van der Waals surface area contributed by atoms with Crippen molar-refractivity contribution in [2.45, 2.75) is 64.3 Å². The van der Waals surface area contributed by atoms with Crippen LogP contribution in [0.1, 0.15) is 39.0 Å². The molecule has 0 radical (unpaired) electrons. The van der Waals surface area contributed by atoms with Crippen molar-refractivity contribution in [2.75, 3.05) is 0 Å². The standard InChI is InChI=1S/C13H25FO2Si/c1-5-13(15)16-12(2)10-8-6-7-9-11-17(3,4)14/h5,12H,1,6-11H2,2-4H3. The highest BCUT2D eigenvalue weighted by Gasteiger charge is 2.18. The molecule has 0 aliphatic heterocycles. The lowest BCUT2D eigenvalue weighted by Gasteiger charge is -2.12. The van der Waals surface area contributed by atoms with Crippen LogP contribution in [0.3, 0.4) is 0 Å². The van der Waals surface area contributed by atoms with E-state index in [1.165, 1.54) is 6.08 Å². The first-order chi connectivity index (χ1) is 7.85. The van der Waals surface area contributed by atoms with E-state index in [9.17, 15) is 8.90 Å². The van der Waals surface area contributed by atoms with Crippen molar-refractivity contribution in [3.63, 3.8) is 0 Å². The summed E-state index contributed by atoms with van der Waals surface area (Å²) in [4.78, 5) is 10.9. The normalized spacial score (nSPS) is 13.2. The maximum Gasteiger partial charge on any atom is 0.330 e. The Morgan fingerprint density at radius 3 is 2.47 bits per heavy atom. The fourth-order valence-electron chi connectivity index (χ4n) is 1.64. The Hall–Kier alpha value is -0.643. The Balaban J connectivity index is 3.39. The second kappa shape index (κ2) is 8.45. The molecule has 0 aromatic rings. The van der Waals surface area contributed by atoms with E-state index < -0.39 is 8.41 Å². The highest BCUT2D eigenvalue weighted by molar-refractivity contribution is 6.70. The Morgan fingerprint density at radius 1 is 1.35 bits per heavy atom. The minimum Gasteiger partial charge on any atom is -0.460 e. The third kappa shape index (κ3) is 11.6. The van der Waals surface area contributed by atoms with Crippen LogP contribution < -0.4 is 0 Å². The van der Waals surface area contributed by atoms with Gasteiger partial charge in [0.1, 0.15) is 0 Å². The summed E-state index contributed by atoms with van der Waals surface area (Å²) in [5.41, 5.74) is 0. The van der Waals surface area contributed by atoms with Gasteiger partial charge >= 0.3 is 5.97 Å². The summed E-state index contributed by atoms with van der Waals surface area (Å²) in [5.74, 6) is -0.359. The van der Waals surface area contributed by atoms with Crippen LogP contribution >= 0.6 is 0 Å². The molecule has 0 fully saturated rings. The molecule has 2 nitrogen and oxygen atoms in total. The Bertz CT molecular complexity index is 236. The van der Waals surface area contributed by atoms with Gasteiger partial charge in [0.2, 0.25) is 8.41 Å². The molecule has 0 aromatic heterocycles. The van der Waals surface area contributed by atoms with Gasteiger partial charge in [-0.05, 0) is 38.9 Å². The fraction of sp³-hybridized carbons (Fsp3) is 0.769. The smallest absolute Gasteiger partial charge is 0.330 e. The fourth-order valence-corrected chi connectivity index (χ4v) is 2.73. The van der Waals surface area contributed by atoms with E-state index in [0.717, 1.165) is 38.1 Å². The second-order valence-corrected chi connectivity index (χ2v) is 9.06. The number of unbranched alkanes of at least 4 members (excludes halogenated alkanes) is 3. The van der Waals surface area contributed by atoms with Crippen LogP contribution in [0.15, 0.2) is 12.7 Å².